The standard InChI is InChI=1S/C13H20N2O6.C2H6/c1-2-10(18)5-6-11(12(19)20)15-13(21)14-9(8-17)4-3-7-16;1-2/h7-9,11H,2-6H2,1H3,(H,19,20)(H2,14,15,21);1-2H3/t9-,11?;/m0./s1. The quantitative estimate of drug-likeness (QED) is 0.486. The smallest absolute Gasteiger partial charge is 0.326 e. The minimum absolute atomic E-state index is 0.0183. The van der Waals surface area contributed by atoms with Gasteiger partial charge in [0.05, 0.1) is 6.04 Å². The second kappa shape index (κ2) is 14.7. The molecule has 0 aliphatic rings. The maximum atomic E-state index is 11.6. The van der Waals surface area contributed by atoms with Crippen LogP contribution >= 0.6 is 0 Å². The first-order valence-electron chi connectivity index (χ1n) is 7.65. The van der Waals surface area contributed by atoms with Crippen LogP contribution in [0.4, 0.5) is 4.79 Å². The first kappa shape index (κ1) is 23.0. The van der Waals surface area contributed by atoms with Crippen LogP contribution in [0.5, 0.6) is 0 Å². The largest absolute Gasteiger partial charge is 0.480 e. The number of hydrogen-bond donors (Lipinski definition) is 3. The molecule has 0 rings (SSSR count). The van der Waals surface area contributed by atoms with Crippen molar-refractivity contribution in [1.29, 1.82) is 0 Å². The van der Waals surface area contributed by atoms with Gasteiger partial charge in [0.25, 0.3) is 0 Å². The molecule has 23 heavy (non-hydrogen) atoms. The number of urea groups is 1. The lowest BCUT2D eigenvalue weighted by atomic mass is 10.1. The van der Waals surface area contributed by atoms with Gasteiger partial charge in [0.2, 0.25) is 0 Å². The van der Waals surface area contributed by atoms with E-state index in [0.29, 0.717) is 19.0 Å². The highest BCUT2D eigenvalue weighted by molar-refractivity contribution is 5.85. The van der Waals surface area contributed by atoms with E-state index in [1.54, 1.807) is 6.92 Å². The van der Waals surface area contributed by atoms with Crippen molar-refractivity contribution in [3.8, 4) is 0 Å². The molecule has 8 nitrogen and oxygen atoms in total. The van der Waals surface area contributed by atoms with E-state index in [0.717, 1.165) is 0 Å². The first-order chi connectivity index (χ1) is 10.9. The molecule has 0 aliphatic heterocycles. The maximum Gasteiger partial charge on any atom is 0.326 e. The molecule has 0 fully saturated rings. The van der Waals surface area contributed by atoms with Crippen molar-refractivity contribution in [2.24, 2.45) is 0 Å². The van der Waals surface area contributed by atoms with E-state index < -0.39 is 24.1 Å². The van der Waals surface area contributed by atoms with Crippen LogP contribution in [0.2, 0.25) is 0 Å². The van der Waals surface area contributed by atoms with Crippen molar-refractivity contribution >= 4 is 30.4 Å². The third kappa shape index (κ3) is 12.0. The summed E-state index contributed by atoms with van der Waals surface area (Å²) < 4.78 is 0. The number of rotatable bonds is 11. The zero-order chi connectivity index (χ0) is 18.3. The Morgan fingerprint density at radius 2 is 1.70 bits per heavy atom. The van der Waals surface area contributed by atoms with E-state index in [2.05, 4.69) is 10.6 Å². The number of aliphatic carboxylic acids is 1. The molecule has 2 amide bonds. The Labute approximate surface area is 136 Å². The van der Waals surface area contributed by atoms with Crippen molar-refractivity contribution in [2.45, 2.75) is 65.0 Å². The van der Waals surface area contributed by atoms with Gasteiger partial charge in [-0.25, -0.2) is 9.59 Å². The van der Waals surface area contributed by atoms with Crippen LogP contribution in [0.1, 0.15) is 52.9 Å². The van der Waals surface area contributed by atoms with E-state index in [1.807, 2.05) is 13.8 Å². The van der Waals surface area contributed by atoms with Gasteiger partial charge < -0.3 is 25.3 Å². The molecule has 8 heteroatoms. The highest BCUT2D eigenvalue weighted by Gasteiger charge is 2.21. The van der Waals surface area contributed by atoms with Gasteiger partial charge in [-0.1, -0.05) is 20.8 Å². The Morgan fingerprint density at radius 3 is 2.13 bits per heavy atom. The fourth-order valence-electron chi connectivity index (χ4n) is 1.53. The summed E-state index contributed by atoms with van der Waals surface area (Å²) in [7, 11) is 0. The van der Waals surface area contributed by atoms with E-state index in [9.17, 15) is 24.0 Å². The Kier molecular flexibility index (Phi) is 14.7. The third-order valence-corrected chi connectivity index (χ3v) is 2.79. The summed E-state index contributed by atoms with van der Waals surface area (Å²) in [5, 5.41) is 13.4. The second-order valence-electron chi connectivity index (χ2n) is 4.43. The van der Waals surface area contributed by atoms with E-state index in [1.165, 1.54) is 0 Å². The molecule has 2 atom stereocenters. The van der Waals surface area contributed by atoms with Gasteiger partial charge in [-0.2, -0.15) is 0 Å². The average molecular weight is 330 g/mol. The van der Waals surface area contributed by atoms with Crippen molar-refractivity contribution in [1.82, 2.24) is 10.6 Å². The monoisotopic (exact) mass is 330 g/mol. The summed E-state index contributed by atoms with van der Waals surface area (Å²) in [4.78, 5) is 54.6. The number of Topliss-reactive ketones (excluding diaryl/α,β-unsaturated/α-hetero) is 1. The fraction of sp³-hybridized carbons (Fsp3) is 0.667. The van der Waals surface area contributed by atoms with Crippen LogP contribution < -0.4 is 10.6 Å². The van der Waals surface area contributed by atoms with Crippen molar-refractivity contribution < 1.29 is 29.1 Å². The van der Waals surface area contributed by atoms with Crippen LogP contribution in [-0.2, 0) is 19.2 Å². The maximum absolute atomic E-state index is 11.6. The molecular weight excluding hydrogens is 304 g/mol. The summed E-state index contributed by atoms with van der Waals surface area (Å²) in [6, 6.07) is -2.89. The second-order valence-corrected chi connectivity index (χ2v) is 4.43. The number of amides is 2. The topological polar surface area (TPSA) is 130 Å². The van der Waals surface area contributed by atoms with Gasteiger partial charge in [-0.3, -0.25) is 4.79 Å². The Morgan fingerprint density at radius 1 is 1.09 bits per heavy atom. The van der Waals surface area contributed by atoms with Crippen molar-refractivity contribution in [3.63, 3.8) is 0 Å². The highest BCUT2D eigenvalue weighted by Crippen LogP contribution is 2.01. The number of carboxylic acids is 1. The minimum Gasteiger partial charge on any atom is -0.480 e. The lowest BCUT2D eigenvalue weighted by molar-refractivity contribution is -0.139. The van der Waals surface area contributed by atoms with Crippen LogP contribution in [0.25, 0.3) is 0 Å². The van der Waals surface area contributed by atoms with Gasteiger partial charge in [0.15, 0.2) is 0 Å². The molecule has 132 valence electrons. The van der Waals surface area contributed by atoms with Crippen LogP contribution in [0.15, 0.2) is 0 Å². The number of aldehydes is 2. The molecule has 0 spiro atoms. The van der Waals surface area contributed by atoms with Crippen molar-refractivity contribution in [3.05, 3.63) is 0 Å². The molecule has 3 N–H and O–H groups in total. The van der Waals surface area contributed by atoms with E-state index in [4.69, 9.17) is 5.11 Å². The summed E-state index contributed by atoms with van der Waals surface area (Å²) in [6.45, 7) is 5.67. The zero-order valence-corrected chi connectivity index (χ0v) is 13.8. The molecule has 0 radical (unpaired) electrons. The Bertz CT molecular complexity index is 397. The molecular formula is C15H26N2O6. The molecule has 0 aromatic heterocycles. The first-order valence-corrected chi connectivity index (χ1v) is 7.65. The molecule has 0 saturated heterocycles. The molecule has 0 heterocycles. The average Bonchev–Trinajstić information content (AvgIpc) is 2.56. The molecule has 0 aromatic rings. The number of nitrogens with one attached hydrogen (secondary N) is 2. The van der Waals surface area contributed by atoms with E-state index in [-0.39, 0.29) is 31.5 Å². The SMILES string of the molecule is CC.CCC(=O)CCC(NC(=O)N[C@H](C=O)CCC=O)C(=O)O. The molecule has 0 aliphatic carbocycles. The fourth-order valence-corrected chi connectivity index (χ4v) is 1.53. The van der Waals surface area contributed by atoms with E-state index >= 15 is 0 Å². The number of carboxylic acid groups (broad SMARTS) is 1. The highest BCUT2D eigenvalue weighted by atomic mass is 16.4. The third-order valence-electron chi connectivity index (χ3n) is 2.79. The van der Waals surface area contributed by atoms with Gasteiger partial charge in [-0.15, -0.1) is 0 Å². The van der Waals surface area contributed by atoms with Crippen LogP contribution in [0, 0.1) is 0 Å². The van der Waals surface area contributed by atoms with Crippen molar-refractivity contribution in [2.75, 3.05) is 0 Å². The van der Waals surface area contributed by atoms with Gasteiger partial charge in [0, 0.05) is 19.3 Å². The van der Waals surface area contributed by atoms with Crippen LogP contribution in [-0.4, -0.2) is 47.5 Å². The molecule has 0 bridgehead atoms. The molecule has 0 saturated carbocycles. The summed E-state index contributed by atoms with van der Waals surface area (Å²) in [6.07, 6.45) is 1.68. The minimum atomic E-state index is -1.26. The van der Waals surface area contributed by atoms with Gasteiger partial charge in [-0.05, 0) is 12.8 Å². The molecule has 1 unspecified atom stereocenters. The zero-order valence-electron chi connectivity index (χ0n) is 13.8. The summed E-state index contributed by atoms with van der Waals surface area (Å²) in [5.74, 6) is -1.36. The predicted octanol–water partition coefficient (Wildman–Crippen LogP) is 1.07. The lowest BCUT2D eigenvalue weighted by Crippen LogP contribution is -2.49. The Hall–Kier alpha value is -2.25. The molecule has 0 aromatic carbocycles. The Balaban J connectivity index is 0. The van der Waals surface area contributed by atoms with Gasteiger partial charge >= 0.3 is 12.0 Å². The predicted molar refractivity (Wildman–Crippen MR) is 84.1 cm³/mol. The summed E-state index contributed by atoms with van der Waals surface area (Å²) >= 11 is 0. The lowest BCUT2D eigenvalue weighted by Gasteiger charge is -2.17. The number of carbonyl (C=O) groups is 5. The normalized spacial score (nSPS) is 12.0. The number of carbonyl (C=O) groups excluding carboxylic acids is 4. The van der Waals surface area contributed by atoms with Gasteiger partial charge in [0.1, 0.15) is 24.4 Å². The summed E-state index contributed by atoms with van der Waals surface area (Å²) in [5.41, 5.74) is 0. The number of ketones is 1. The van der Waals surface area contributed by atoms with Crippen LogP contribution in [0.3, 0.4) is 0 Å². The number of hydrogen-bond acceptors (Lipinski definition) is 5.